The fraction of sp³-hybridized carbons (Fsp3) is 0.917. The minimum absolute atomic E-state index is 0.227. The van der Waals surface area contributed by atoms with Gasteiger partial charge >= 0.3 is 5.97 Å². The summed E-state index contributed by atoms with van der Waals surface area (Å²) in [5.41, 5.74) is 0. The lowest BCUT2D eigenvalue weighted by atomic mass is 10.1. The van der Waals surface area contributed by atoms with Gasteiger partial charge in [-0.1, -0.05) is 12.8 Å². The van der Waals surface area contributed by atoms with Crippen LogP contribution in [0.15, 0.2) is 0 Å². The number of carbonyl (C=O) groups is 1. The van der Waals surface area contributed by atoms with Crippen molar-refractivity contribution in [3.63, 3.8) is 0 Å². The van der Waals surface area contributed by atoms with Gasteiger partial charge < -0.3 is 5.11 Å². The van der Waals surface area contributed by atoms with Crippen molar-refractivity contribution < 1.29 is 18.3 Å². The molecule has 0 unspecified atom stereocenters. The Morgan fingerprint density at radius 2 is 1.74 bits per heavy atom. The zero-order chi connectivity index (χ0) is 13.9. The molecule has 1 heterocycles. The van der Waals surface area contributed by atoms with E-state index in [4.69, 9.17) is 5.11 Å². The molecule has 1 aliphatic carbocycles. The lowest BCUT2D eigenvalue weighted by molar-refractivity contribution is -0.141. The molecule has 2 atom stereocenters. The Morgan fingerprint density at radius 3 is 2.26 bits per heavy atom. The number of hydrogen-bond acceptors (Lipinski definition) is 3. The van der Waals surface area contributed by atoms with E-state index in [1.165, 1.54) is 4.31 Å². The molecule has 2 fully saturated rings. The van der Waals surface area contributed by atoms with Gasteiger partial charge in [-0.05, 0) is 32.1 Å². The van der Waals surface area contributed by atoms with Crippen LogP contribution in [0.2, 0.25) is 0 Å². The Bertz CT molecular complexity index is 415. The third kappa shape index (κ3) is 3.90. The summed E-state index contributed by atoms with van der Waals surface area (Å²) in [6.45, 7) is 1.15. The molecule has 6 nitrogen and oxygen atoms in total. The maximum absolute atomic E-state index is 12.2. The zero-order valence-corrected chi connectivity index (χ0v) is 11.9. The standard InChI is InChI=1S/C12H22N2O4S/c15-12(16)10-5-6-11(9-10)13-19(17,18)14-7-3-1-2-4-8-14/h10-11,13H,1-9H2,(H,15,16)/t10-,11+/m1/s1. The lowest BCUT2D eigenvalue weighted by Crippen LogP contribution is -2.45. The molecule has 0 radical (unpaired) electrons. The molecule has 1 saturated heterocycles. The maximum atomic E-state index is 12.2. The molecule has 19 heavy (non-hydrogen) atoms. The first-order valence-electron chi connectivity index (χ1n) is 6.99. The van der Waals surface area contributed by atoms with E-state index in [0.717, 1.165) is 25.7 Å². The molecule has 2 aliphatic rings. The summed E-state index contributed by atoms with van der Waals surface area (Å²) in [7, 11) is -3.45. The van der Waals surface area contributed by atoms with Crippen molar-refractivity contribution in [1.82, 2.24) is 9.03 Å². The molecule has 0 bridgehead atoms. The first-order valence-corrected chi connectivity index (χ1v) is 8.43. The molecule has 1 saturated carbocycles. The van der Waals surface area contributed by atoms with E-state index in [1.54, 1.807) is 0 Å². The summed E-state index contributed by atoms with van der Waals surface area (Å²) in [6, 6.07) is -0.227. The second-order valence-corrected chi connectivity index (χ2v) is 7.18. The molecule has 2 N–H and O–H groups in total. The van der Waals surface area contributed by atoms with E-state index in [-0.39, 0.29) is 6.04 Å². The molecule has 0 aromatic rings. The lowest BCUT2D eigenvalue weighted by Gasteiger charge is -2.22. The Labute approximate surface area is 114 Å². The average Bonchev–Trinajstić information content (AvgIpc) is 2.63. The van der Waals surface area contributed by atoms with Crippen LogP contribution in [-0.2, 0) is 15.0 Å². The van der Waals surface area contributed by atoms with Crippen LogP contribution in [0.25, 0.3) is 0 Å². The molecule has 2 rings (SSSR count). The molecule has 0 spiro atoms. The van der Waals surface area contributed by atoms with Crippen molar-refractivity contribution in [2.75, 3.05) is 13.1 Å². The van der Waals surface area contributed by atoms with Gasteiger partial charge in [0.25, 0.3) is 10.2 Å². The highest BCUT2D eigenvalue weighted by Crippen LogP contribution is 2.26. The summed E-state index contributed by atoms with van der Waals surface area (Å²) < 4.78 is 28.7. The Balaban J connectivity index is 1.92. The zero-order valence-electron chi connectivity index (χ0n) is 11.0. The predicted molar refractivity (Wildman–Crippen MR) is 70.9 cm³/mol. The van der Waals surface area contributed by atoms with Gasteiger partial charge in [-0.15, -0.1) is 0 Å². The molecule has 7 heteroatoms. The van der Waals surface area contributed by atoms with Gasteiger partial charge in [-0.2, -0.15) is 17.4 Å². The van der Waals surface area contributed by atoms with Crippen molar-refractivity contribution in [1.29, 1.82) is 0 Å². The number of nitrogens with one attached hydrogen (secondary N) is 1. The van der Waals surface area contributed by atoms with Crippen LogP contribution in [0.4, 0.5) is 0 Å². The van der Waals surface area contributed by atoms with Crippen LogP contribution in [0.1, 0.15) is 44.9 Å². The molecular formula is C12H22N2O4S. The Kier molecular flexibility index (Phi) is 4.81. The van der Waals surface area contributed by atoms with Crippen LogP contribution in [0.5, 0.6) is 0 Å². The SMILES string of the molecule is O=C(O)[C@@H]1CC[C@H](NS(=O)(=O)N2CCCCCC2)C1. The summed E-state index contributed by atoms with van der Waals surface area (Å²) in [5, 5.41) is 8.93. The van der Waals surface area contributed by atoms with Gasteiger partial charge in [0, 0.05) is 19.1 Å². The highest BCUT2D eigenvalue weighted by molar-refractivity contribution is 7.87. The van der Waals surface area contributed by atoms with Crippen LogP contribution in [0, 0.1) is 5.92 Å². The quantitative estimate of drug-likeness (QED) is 0.807. The molecule has 1 aliphatic heterocycles. The van der Waals surface area contributed by atoms with E-state index in [9.17, 15) is 13.2 Å². The monoisotopic (exact) mass is 290 g/mol. The van der Waals surface area contributed by atoms with Gasteiger partial charge in [-0.3, -0.25) is 4.79 Å². The van der Waals surface area contributed by atoms with Crippen LogP contribution in [-0.4, -0.2) is 42.9 Å². The predicted octanol–water partition coefficient (Wildman–Crippen LogP) is 0.950. The number of rotatable bonds is 4. The number of carboxylic acid groups (broad SMARTS) is 1. The number of nitrogens with zero attached hydrogens (tertiary/aromatic N) is 1. The minimum atomic E-state index is -3.45. The van der Waals surface area contributed by atoms with E-state index < -0.39 is 22.1 Å². The second-order valence-electron chi connectivity index (χ2n) is 5.48. The molecule has 0 amide bonds. The van der Waals surface area contributed by atoms with E-state index in [0.29, 0.717) is 32.4 Å². The van der Waals surface area contributed by atoms with Gasteiger partial charge in [0.05, 0.1) is 5.92 Å². The van der Waals surface area contributed by atoms with Gasteiger partial charge in [-0.25, -0.2) is 0 Å². The highest BCUT2D eigenvalue weighted by Gasteiger charge is 2.33. The minimum Gasteiger partial charge on any atom is -0.481 e. The Hall–Kier alpha value is -0.660. The van der Waals surface area contributed by atoms with Gasteiger partial charge in [0.15, 0.2) is 0 Å². The van der Waals surface area contributed by atoms with Crippen molar-refractivity contribution in [3.05, 3.63) is 0 Å². The van der Waals surface area contributed by atoms with E-state index >= 15 is 0 Å². The second kappa shape index (κ2) is 6.19. The van der Waals surface area contributed by atoms with E-state index in [2.05, 4.69) is 4.72 Å². The highest BCUT2D eigenvalue weighted by atomic mass is 32.2. The van der Waals surface area contributed by atoms with Crippen molar-refractivity contribution >= 4 is 16.2 Å². The van der Waals surface area contributed by atoms with Gasteiger partial charge in [0.1, 0.15) is 0 Å². The summed E-state index contributed by atoms with van der Waals surface area (Å²) in [5.74, 6) is -1.23. The van der Waals surface area contributed by atoms with Crippen LogP contribution in [0.3, 0.4) is 0 Å². The molecule has 0 aromatic carbocycles. The van der Waals surface area contributed by atoms with Crippen molar-refractivity contribution in [3.8, 4) is 0 Å². The van der Waals surface area contributed by atoms with E-state index in [1.807, 2.05) is 0 Å². The normalized spacial score (nSPS) is 30.1. The number of carboxylic acids is 1. The molecule has 0 aromatic heterocycles. The first kappa shape index (κ1) is 14.7. The summed E-state index contributed by atoms with van der Waals surface area (Å²) >= 11 is 0. The molecule has 110 valence electrons. The largest absolute Gasteiger partial charge is 0.481 e. The third-order valence-electron chi connectivity index (χ3n) is 4.00. The summed E-state index contributed by atoms with van der Waals surface area (Å²) in [4.78, 5) is 10.9. The van der Waals surface area contributed by atoms with Crippen molar-refractivity contribution in [2.24, 2.45) is 5.92 Å². The first-order chi connectivity index (χ1) is 8.99. The van der Waals surface area contributed by atoms with Crippen LogP contribution < -0.4 is 4.72 Å². The topological polar surface area (TPSA) is 86.7 Å². The number of aliphatic carboxylic acids is 1. The third-order valence-corrected chi connectivity index (χ3v) is 5.68. The fourth-order valence-electron chi connectivity index (χ4n) is 2.88. The van der Waals surface area contributed by atoms with Gasteiger partial charge in [0.2, 0.25) is 0 Å². The Morgan fingerprint density at radius 1 is 1.11 bits per heavy atom. The maximum Gasteiger partial charge on any atom is 0.306 e. The smallest absolute Gasteiger partial charge is 0.306 e. The fourth-order valence-corrected chi connectivity index (χ4v) is 4.40. The summed E-state index contributed by atoms with van der Waals surface area (Å²) in [6.07, 6.45) is 5.55. The van der Waals surface area contributed by atoms with Crippen LogP contribution >= 0.6 is 0 Å². The number of hydrogen-bond donors (Lipinski definition) is 2. The van der Waals surface area contributed by atoms with Crippen molar-refractivity contribution in [2.45, 2.75) is 51.0 Å². The molecular weight excluding hydrogens is 268 g/mol. The average molecular weight is 290 g/mol.